The maximum Gasteiger partial charge on any atom is 0.224 e. The highest BCUT2D eigenvalue weighted by Gasteiger charge is 2.21. The molecule has 0 radical (unpaired) electrons. The van der Waals surface area contributed by atoms with Crippen LogP contribution in [0.4, 0.5) is 0 Å². The van der Waals surface area contributed by atoms with Crippen LogP contribution < -0.4 is 5.32 Å². The Morgan fingerprint density at radius 3 is 2.90 bits per heavy atom. The van der Waals surface area contributed by atoms with E-state index in [1.54, 1.807) is 0 Å². The molecule has 0 aliphatic heterocycles. The summed E-state index contributed by atoms with van der Waals surface area (Å²) in [5.41, 5.74) is 2.13. The van der Waals surface area contributed by atoms with E-state index in [9.17, 15) is 9.90 Å². The molecule has 1 atom stereocenters. The van der Waals surface area contributed by atoms with Crippen LogP contribution in [0.2, 0.25) is 0 Å². The Kier molecular flexibility index (Phi) is 5.56. The zero-order valence-corrected chi connectivity index (χ0v) is 12.0. The van der Waals surface area contributed by atoms with Gasteiger partial charge in [0, 0.05) is 13.2 Å². The lowest BCUT2D eigenvalue weighted by Gasteiger charge is -2.12. The fourth-order valence-corrected chi connectivity index (χ4v) is 1.99. The summed E-state index contributed by atoms with van der Waals surface area (Å²) >= 11 is 0. The van der Waals surface area contributed by atoms with Gasteiger partial charge in [-0.2, -0.15) is 0 Å². The first kappa shape index (κ1) is 15.0. The van der Waals surface area contributed by atoms with Gasteiger partial charge in [0.2, 0.25) is 5.91 Å². The highest BCUT2D eigenvalue weighted by molar-refractivity contribution is 5.78. The van der Waals surface area contributed by atoms with Crippen molar-refractivity contribution in [3.63, 3.8) is 0 Å². The predicted molar refractivity (Wildman–Crippen MR) is 77.4 cm³/mol. The van der Waals surface area contributed by atoms with Crippen molar-refractivity contribution < 1.29 is 14.6 Å². The Labute approximate surface area is 120 Å². The second-order valence-corrected chi connectivity index (χ2v) is 5.54. The average molecular weight is 277 g/mol. The molecule has 1 saturated carbocycles. The van der Waals surface area contributed by atoms with Crippen LogP contribution in [-0.2, 0) is 16.0 Å². The summed E-state index contributed by atoms with van der Waals surface area (Å²) in [6.45, 7) is 3.26. The third kappa shape index (κ3) is 5.31. The number of aliphatic hydroxyl groups is 1. The van der Waals surface area contributed by atoms with E-state index < -0.39 is 6.10 Å². The number of hydrogen-bond acceptors (Lipinski definition) is 3. The van der Waals surface area contributed by atoms with E-state index in [2.05, 4.69) is 5.32 Å². The lowest BCUT2D eigenvalue weighted by atomic mass is 10.1. The zero-order valence-electron chi connectivity index (χ0n) is 12.0. The number of hydrogen-bond donors (Lipinski definition) is 2. The largest absolute Gasteiger partial charge is 0.389 e. The van der Waals surface area contributed by atoms with Crippen molar-refractivity contribution >= 4 is 5.91 Å². The molecule has 4 heteroatoms. The molecular weight excluding hydrogens is 254 g/mol. The van der Waals surface area contributed by atoms with Crippen LogP contribution in [0.1, 0.15) is 24.0 Å². The predicted octanol–water partition coefficient (Wildman–Crippen LogP) is 1.44. The fraction of sp³-hybridized carbons (Fsp3) is 0.562. The van der Waals surface area contributed by atoms with E-state index in [-0.39, 0.29) is 12.5 Å². The Morgan fingerprint density at radius 2 is 2.20 bits per heavy atom. The summed E-state index contributed by atoms with van der Waals surface area (Å²) in [5.74, 6) is 0.624. The van der Waals surface area contributed by atoms with Gasteiger partial charge in [0.15, 0.2) is 0 Å². The Hall–Kier alpha value is -1.39. The van der Waals surface area contributed by atoms with Crippen molar-refractivity contribution in [2.75, 3.05) is 19.8 Å². The van der Waals surface area contributed by atoms with Gasteiger partial charge in [-0.25, -0.2) is 0 Å². The van der Waals surface area contributed by atoms with Gasteiger partial charge in [-0.15, -0.1) is 0 Å². The molecule has 1 aliphatic carbocycles. The van der Waals surface area contributed by atoms with Crippen LogP contribution in [0.5, 0.6) is 0 Å². The van der Waals surface area contributed by atoms with E-state index in [1.165, 1.54) is 12.8 Å². The van der Waals surface area contributed by atoms with Crippen LogP contribution in [0, 0.1) is 12.8 Å². The first-order valence-corrected chi connectivity index (χ1v) is 7.22. The van der Waals surface area contributed by atoms with E-state index in [0.717, 1.165) is 17.7 Å². The van der Waals surface area contributed by atoms with Gasteiger partial charge in [0.25, 0.3) is 0 Å². The highest BCUT2D eigenvalue weighted by Crippen LogP contribution is 2.28. The smallest absolute Gasteiger partial charge is 0.224 e. The summed E-state index contributed by atoms with van der Waals surface area (Å²) in [6.07, 6.45) is 2.20. The molecular formula is C16H23NO3. The third-order valence-electron chi connectivity index (χ3n) is 3.51. The van der Waals surface area contributed by atoms with Crippen molar-refractivity contribution in [1.29, 1.82) is 0 Å². The monoisotopic (exact) mass is 277 g/mol. The number of ether oxygens (including phenoxy) is 1. The summed E-state index contributed by atoms with van der Waals surface area (Å²) in [7, 11) is 0. The van der Waals surface area contributed by atoms with Crippen molar-refractivity contribution in [2.24, 2.45) is 5.92 Å². The first-order valence-electron chi connectivity index (χ1n) is 7.22. The molecule has 0 heterocycles. The highest BCUT2D eigenvalue weighted by atomic mass is 16.5. The number of aryl methyl sites for hydroxylation is 1. The van der Waals surface area contributed by atoms with Crippen molar-refractivity contribution in [1.82, 2.24) is 5.32 Å². The molecule has 1 unspecified atom stereocenters. The third-order valence-corrected chi connectivity index (χ3v) is 3.51. The van der Waals surface area contributed by atoms with Gasteiger partial charge in [0.05, 0.1) is 19.1 Å². The van der Waals surface area contributed by atoms with Crippen LogP contribution in [0.15, 0.2) is 24.3 Å². The maximum atomic E-state index is 11.8. The lowest BCUT2D eigenvalue weighted by molar-refractivity contribution is -0.121. The molecule has 2 N–H and O–H groups in total. The number of carbonyl (C=O) groups excluding carboxylic acids is 1. The Bertz CT molecular complexity index is 443. The minimum atomic E-state index is -0.630. The molecule has 0 saturated heterocycles. The maximum absolute atomic E-state index is 11.8. The van der Waals surface area contributed by atoms with Gasteiger partial charge >= 0.3 is 0 Å². The molecule has 110 valence electrons. The molecule has 1 fully saturated rings. The number of nitrogens with one attached hydrogen (secondary N) is 1. The van der Waals surface area contributed by atoms with Gasteiger partial charge < -0.3 is 15.2 Å². The van der Waals surface area contributed by atoms with E-state index >= 15 is 0 Å². The molecule has 0 aromatic heterocycles. The Morgan fingerprint density at radius 1 is 1.45 bits per heavy atom. The SMILES string of the molecule is Cc1ccccc1CC(=O)NCC(O)COCC1CC1. The molecule has 2 rings (SSSR count). The zero-order chi connectivity index (χ0) is 14.4. The minimum Gasteiger partial charge on any atom is -0.389 e. The van der Waals surface area contributed by atoms with Crippen LogP contribution in [-0.4, -0.2) is 36.9 Å². The van der Waals surface area contributed by atoms with Gasteiger partial charge in [0.1, 0.15) is 0 Å². The molecule has 1 amide bonds. The van der Waals surface area contributed by atoms with Crippen LogP contribution >= 0.6 is 0 Å². The second-order valence-electron chi connectivity index (χ2n) is 5.54. The Balaban J connectivity index is 1.62. The summed E-state index contributed by atoms with van der Waals surface area (Å²) in [5, 5.41) is 12.5. The molecule has 20 heavy (non-hydrogen) atoms. The standard InChI is InChI=1S/C16H23NO3/c1-12-4-2-3-5-14(12)8-16(19)17-9-15(18)11-20-10-13-6-7-13/h2-5,13,15,18H,6-11H2,1H3,(H,17,19). The summed E-state index contributed by atoms with van der Waals surface area (Å²) in [4.78, 5) is 11.8. The molecule has 0 spiro atoms. The first-order chi connectivity index (χ1) is 9.65. The molecule has 0 bridgehead atoms. The van der Waals surface area contributed by atoms with E-state index in [0.29, 0.717) is 18.9 Å². The van der Waals surface area contributed by atoms with Gasteiger partial charge in [-0.3, -0.25) is 4.79 Å². The van der Waals surface area contributed by atoms with Gasteiger partial charge in [-0.05, 0) is 36.8 Å². The van der Waals surface area contributed by atoms with Crippen molar-refractivity contribution in [2.45, 2.75) is 32.3 Å². The molecule has 1 aliphatic rings. The molecule has 4 nitrogen and oxygen atoms in total. The summed E-state index contributed by atoms with van der Waals surface area (Å²) < 4.78 is 5.39. The topological polar surface area (TPSA) is 58.6 Å². The number of carbonyl (C=O) groups is 1. The lowest BCUT2D eigenvalue weighted by Crippen LogP contribution is -2.35. The normalized spacial score (nSPS) is 15.9. The number of rotatable bonds is 8. The minimum absolute atomic E-state index is 0.0689. The number of benzene rings is 1. The van der Waals surface area contributed by atoms with Gasteiger partial charge in [-0.1, -0.05) is 24.3 Å². The van der Waals surface area contributed by atoms with Crippen molar-refractivity contribution in [3.05, 3.63) is 35.4 Å². The number of amides is 1. The van der Waals surface area contributed by atoms with E-state index in [1.807, 2.05) is 31.2 Å². The second kappa shape index (κ2) is 7.41. The fourth-order valence-electron chi connectivity index (χ4n) is 1.99. The quantitative estimate of drug-likeness (QED) is 0.756. The average Bonchev–Trinajstić information content (AvgIpc) is 3.23. The molecule has 1 aromatic rings. The van der Waals surface area contributed by atoms with Crippen LogP contribution in [0.3, 0.4) is 0 Å². The van der Waals surface area contributed by atoms with E-state index in [4.69, 9.17) is 4.74 Å². The number of aliphatic hydroxyl groups excluding tert-OH is 1. The van der Waals surface area contributed by atoms with Crippen molar-refractivity contribution in [3.8, 4) is 0 Å². The van der Waals surface area contributed by atoms with Crippen LogP contribution in [0.25, 0.3) is 0 Å². The molecule has 1 aromatic carbocycles. The summed E-state index contributed by atoms with van der Waals surface area (Å²) in [6, 6.07) is 7.82.